The summed E-state index contributed by atoms with van der Waals surface area (Å²) in [5.74, 6) is 0.638. The molecule has 3 aromatic rings. The molecule has 166 valence electrons. The van der Waals surface area contributed by atoms with Crippen LogP contribution in [0.5, 0.6) is 11.5 Å². The Labute approximate surface area is 187 Å². The van der Waals surface area contributed by atoms with Crippen molar-refractivity contribution in [3.63, 3.8) is 0 Å². The smallest absolute Gasteiger partial charge is 0.262 e. The van der Waals surface area contributed by atoms with Crippen molar-refractivity contribution in [1.82, 2.24) is 5.32 Å². The number of benzene rings is 3. The molecule has 1 aliphatic rings. The van der Waals surface area contributed by atoms with E-state index in [0.717, 1.165) is 6.42 Å². The van der Waals surface area contributed by atoms with Gasteiger partial charge in [-0.25, -0.2) is 8.42 Å². The second-order valence-electron chi connectivity index (χ2n) is 7.42. The highest BCUT2D eigenvalue weighted by Crippen LogP contribution is 2.32. The molecule has 0 bridgehead atoms. The summed E-state index contributed by atoms with van der Waals surface area (Å²) < 4.78 is 39.1. The first kappa shape index (κ1) is 21.7. The second kappa shape index (κ2) is 9.32. The van der Waals surface area contributed by atoms with E-state index in [2.05, 4.69) is 10.0 Å². The maximum atomic E-state index is 12.8. The second-order valence-corrected chi connectivity index (χ2v) is 9.11. The quantitative estimate of drug-likeness (QED) is 0.572. The van der Waals surface area contributed by atoms with Crippen LogP contribution in [0.2, 0.25) is 0 Å². The molecule has 0 saturated carbocycles. The molecule has 4 rings (SSSR count). The first-order valence-corrected chi connectivity index (χ1v) is 11.8. The molecule has 1 heterocycles. The van der Waals surface area contributed by atoms with Gasteiger partial charge in [-0.05, 0) is 54.8 Å². The van der Waals surface area contributed by atoms with Crippen molar-refractivity contribution in [2.45, 2.75) is 18.2 Å². The highest BCUT2D eigenvalue weighted by atomic mass is 32.2. The number of ether oxygens (including phenoxy) is 2. The lowest BCUT2D eigenvalue weighted by Crippen LogP contribution is -2.26. The van der Waals surface area contributed by atoms with Crippen LogP contribution in [0.4, 0.5) is 5.69 Å². The number of anilines is 1. The van der Waals surface area contributed by atoms with E-state index in [9.17, 15) is 13.2 Å². The van der Waals surface area contributed by atoms with Crippen LogP contribution < -0.4 is 19.5 Å². The van der Waals surface area contributed by atoms with Gasteiger partial charge in [0.25, 0.3) is 15.9 Å². The summed E-state index contributed by atoms with van der Waals surface area (Å²) in [5, 5.41) is 2.88. The van der Waals surface area contributed by atoms with Crippen LogP contribution in [0, 0.1) is 6.92 Å². The average molecular weight is 453 g/mol. The van der Waals surface area contributed by atoms with E-state index in [4.69, 9.17) is 9.47 Å². The van der Waals surface area contributed by atoms with Gasteiger partial charge < -0.3 is 14.8 Å². The van der Waals surface area contributed by atoms with Crippen LogP contribution in [0.1, 0.15) is 21.5 Å². The molecular weight excluding hydrogens is 428 g/mol. The van der Waals surface area contributed by atoms with Gasteiger partial charge in [0, 0.05) is 23.9 Å². The zero-order valence-corrected chi connectivity index (χ0v) is 18.4. The summed E-state index contributed by atoms with van der Waals surface area (Å²) in [6.07, 6.45) is 0.717. The standard InChI is InChI=1S/C24H24N2O5S/c1-17-5-2-3-6-18(17)11-12-25-24(27)19-7-4-8-20(15-19)26-32(28,29)21-9-10-22-23(16-21)31-14-13-30-22/h2-10,15-16,26H,11-14H2,1H3,(H,25,27). The Balaban J connectivity index is 1.42. The molecule has 7 nitrogen and oxygen atoms in total. The molecule has 1 amide bonds. The Bertz CT molecular complexity index is 1240. The van der Waals surface area contributed by atoms with E-state index < -0.39 is 10.0 Å². The van der Waals surface area contributed by atoms with E-state index in [-0.39, 0.29) is 10.8 Å². The van der Waals surface area contributed by atoms with Crippen molar-refractivity contribution in [2.24, 2.45) is 0 Å². The number of aryl methyl sites for hydroxylation is 1. The molecule has 2 N–H and O–H groups in total. The number of carbonyl (C=O) groups excluding carboxylic acids is 1. The van der Waals surface area contributed by atoms with Gasteiger partial charge >= 0.3 is 0 Å². The number of nitrogens with one attached hydrogen (secondary N) is 2. The van der Waals surface area contributed by atoms with Gasteiger partial charge in [-0.1, -0.05) is 30.3 Å². The minimum Gasteiger partial charge on any atom is -0.486 e. The summed E-state index contributed by atoms with van der Waals surface area (Å²) in [6, 6.07) is 18.9. The maximum absolute atomic E-state index is 12.8. The van der Waals surface area contributed by atoms with Crippen LogP contribution >= 0.6 is 0 Å². The molecule has 0 saturated heterocycles. The van der Waals surface area contributed by atoms with E-state index in [0.29, 0.717) is 42.5 Å². The molecule has 0 atom stereocenters. The summed E-state index contributed by atoms with van der Waals surface area (Å²) in [4.78, 5) is 12.6. The monoisotopic (exact) mass is 452 g/mol. The van der Waals surface area contributed by atoms with Gasteiger partial charge in [-0.2, -0.15) is 0 Å². The Hall–Kier alpha value is -3.52. The zero-order chi connectivity index (χ0) is 22.6. The Kier molecular flexibility index (Phi) is 6.32. The Morgan fingerprint density at radius 1 is 0.938 bits per heavy atom. The predicted octanol–water partition coefficient (Wildman–Crippen LogP) is 3.54. The topological polar surface area (TPSA) is 93.7 Å². The third-order valence-electron chi connectivity index (χ3n) is 5.14. The lowest BCUT2D eigenvalue weighted by Gasteiger charge is -2.19. The van der Waals surface area contributed by atoms with Gasteiger partial charge in [0.2, 0.25) is 0 Å². The van der Waals surface area contributed by atoms with Crippen molar-refractivity contribution in [3.05, 3.63) is 83.4 Å². The highest BCUT2D eigenvalue weighted by molar-refractivity contribution is 7.92. The zero-order valence-electron chi connectivity index (χ0n) is 17.6. The molecule has 32 heavy (non-hydrogen) atoms. The van der Waals surface area contributed by atoms with Crippen molar-refractivity contribution in [1.29, 1.82) is 0 Å². The van der Waals surface area contributed by atoms with E-state index >= 15 is 0 Å². The lowest BCUT2D eigenvalue weighted by atomic mass is 10.1. The van der Waals surface area contributed by atoms with Gasteiger partial charge in [-0.15, -0.1) is 0 Å². The van der Waals surface area contributed by atoms with Crippen molar-refractivity contribution in [3.8, 4) is 11.5 Å². The fourth-order valence-electron chi connectivity index (χ4n) is 3.43. The molecular formula is C24H24N2O5S. The van der Waals surface area contributed by atoms with E-state index in [1.807, 2.05) is 31.2 Å². The fraction of sp³-hybridized carbons (Fsp3) is 0.208. The molecule has 0 radical (unpaired) electrons. The molecule has 1 aliphatic heterocycles. The summed E-state index contributed by atoms with van der Waals surface area (Å²) in [7, 11) is -3.86. The molecule has 0 fully saturated rings. The largest absolute Gasteiger partial charge is 0.486 e. The van der Waals surface area contributed by atoms with Crippen LogP contribution in [-0.2, 0) is 16.4 Å². The maximum Gasteiger partial charge on any atom is 0.262 e. The van der Waals surface area contributed by atoms with E-state index in [1.165, 1.54) is 29.3 Å². The normalized spacial score (nSPS) is 12.8. The Morgan fingerprint density at radius 3 is 2.53 bits per heavy atom. The van der Waals surface area contributed by atoms with Gasteiger partial charge in [0.15, 0.2) is 11.5 Å². The number of hydrogen-bond acceptors (Lipinski definition) is 5. The number of rotatable bonds is 7. The summed E-state index contributed by atoms with van der Waals surface area (Å²) >= 11 is 0. The van der Waals surface area contributed by atoms with Crippen LogP contribution in [0.15, 0.2) is 71.6 Å². The number of fused-ring (bicyclic) bond motifs is 1. The van der Waals surface area contributed by atoms with Crippen molar-refractivity contribution >= 4 is 21.6 Å². The molecule has 0 unspecified atom stereocenters. The fourth-order valence-corrected chi connectivity index (χ4v) is 4.50. The van der Waals surface area contributed by atoms with Gasteiger partial charge in [0.05, 0.1) is 4.90 Å². The minimum atomic E-state index is -3.86. The van der Waals surface area contributed by atoms with Gasteiger partial charge in [-0.3, -0.25) is 9.52 Å². The number of hydrogen-bond donors (Lipinski definition) is 2. The SMILES string of the molecule is Cc1ccccc1CCNC(=O)c1cccc(NS(=O)(=O)c2ccc3c(c2)OCCO3)c1. The number of sulfonamides is 1. The third-order valence-corrected chi connectivity index (χ3v) is 6.52. The predicted molar refractivity (Wildman–Crippen MR) is 122 cm³/mol. The van der Waals surface area contributed by atoms with Crippen LogP contribution in [-0.4, -0.2) is 34.1 Å². The average Bonchev–Trinajstić information content (AvgIpc) is 2.80. The third kappa shape index (κ3) is 5.03. The van der Waals surface area contributed by atoms with Crippen molar-refractivity contribution < 1.29 is 22.7 Å². The van der Waals surface area contributed by atoms with Crippen LogP contribution in [0.3, 0.4) is 0 Å². The first-order valence-electron chi connectivity index (χ1n) is 10.3. The number of carbonyl (C=O) groups is 1. The van der Waals surface area contributed by atoms with Crippen molar-refractivity contribution in [2.75, 3.05) is 24.5 Å². The lowest BCUT2D eigenvalue weighted by molar-refractivity contribution is 0.0954. The minimum absolute atomic E-state index is 0.0508. The molecule has 0 aromatic heterocycles. The molecule has 8 heteroatoms. The number of amides is 1. The summed E-state index contributed by atoms with van der Waals surface area (Å²) in [5.41, 5.74) is 3.02. The molecule has 0 spiro atoms. The van der Waals surface area contributed by atoms with E-state index in [1.54, 1.807) is 24.3 Å². The Morgan fingerprint density at radius 2 is 1.72 bits per heavy atom. The van der Waals surface area contributed by atoms with Crippen LogP contribution in [0.25, 0.3) is 0 Å². The molecule has 3 aromatic carbocycles. The van der Waals surface area contributed by atoms with Gasteiger partial charge in [0.1, 0.15) is 13.2 Å². The highest BCUT2D eigenvalue weighted by Gasteiger charge is 2.20. The molecule has 0 aliphatic carbocycles. The summed E-state index contributed by atoms with van der Waals surface area (Å²) in [6.45, 7) is 3.31. The first-order chi connectivity index (χ1) is 15.4.